The maximum Gasteiger partial charge on any atom is 0.121 e. The minimum Gasteiger partial charge on any atom is -0.491 e. The van der Waals surface area contributed by atoms with Gasteiger partial charge in [0.1, 0.15) is 12.4 Å². The number of methoxy groups -OCH3 is 1. The Balaban J connectivity index is 1.96. The van der Waals surface area contributed by atoms with E-state index >= 15 is 0 Å². The van der Waals surface area contributed by atoms with Gasteiger partial charge in [0, 0.05) is 24.2 Å². The van der Waals surface area contributed by atoms with Crippen LogP contribution in [0.25, 0.3) is 0 Å². The molecule has 1 N–H and O–H groups in total. The number of rotatable bonds is 7. The van der Waals surface area contributed by atoms with Crippen molar-refractivity contribution in [1.82, 2.24) is 4.98 Å². The summed E-state index contributed by atoms with van der Waals surface area (Å²) in [5.74, 6) is 0.841. The Labute approximate surface area is 123 Å². The maximum atomic E-state index is 5.60. The molecule has 0 aliphatic heterocycles. The van der Waals surface area contributed by atoms with E-state index in [1.54, 1.807) is 18.4 Å². The summed E-state index contributed by atoms with van der Waals surface area (Å²) in [6.45, 7) is 5.27. The van der Waals surface area contributed by atoms with Crippen molar-refractivity contribution >= 4 is 17.0 Å². The summed E-state index contributed by atoms with van der Waals surface area (Å²) in [6.07, 6.45) is 0. The average Bonchev–Trinajstić information content (AvgIpc) is 2.86. The van der Waals surface area contributed by atoms with E-state index in [1.165, 1.54) is 0 Å². The van der Waals surface area contributed by atoms with Crippen LogP contribution >= 0.6 is 11.3 Å². The van der Waals surface area contributed by atoms with Crippen molar-refractivity contribution in [2.45, 2.75) is 19.9 Å². The molecule has 1 heterocycles. The summed E-state index contributed by atoms with van der Waals surface area (Å²) >= 11 is 1.67. The van der Waals surface area contributed by atoms with E-state index in [4.69, 9.17) is 9.47 Å². The normalized spacial score (nSPS) is 12.2. The second kappa shape index (κ2) is 7.26. The molecule has 4 nitrogen and oxygen atoms in total. The fraction of sp³-hybridized carbons (Fsp3) is 0.400. The Morgan fingerprint density at radius 3 is 2.90 bits per heavy atom. The molecule has 0 aliphatic rings. The zero-order chi connectivity index (χ0) is 14.4. The summed E-state index contributed by atoms with van der Waals surface area (Å²) in [5, 5.41) is 6.61. The molecule has 108 valence electrons. The maximum absolute atomic E-state index is 5.60. The van der Waals surface area contributed by atoms with Crippen LogP contribution in [0.4, 0.5) is 5.69 Å². The molecule has 0 saturated carbocycles. The van der Waals surface area contributed by atoms with Gasteiger partial charge in [-0.15, -0.1) is 11.3 Å². The molecule has 1 aromatic carbocycles. The lowest BCUT2D eigenvalue weighted by Crippen LogP contribution is -2.08. The predicted octanol–water partition coefficient (Wildman–Crippen LogP) is 3.65. The van der Waals surface area contributed by atoms with E-state index in [1.807, 2.05) is 31.2 Å². The standard InChI is InChI=1S/C15H20N2O2S/c1-11(15-10-20-12(2)17-15)16-13-5-4-6-14(9-13)19-8-7-18-3/h4-6,9-11,16H,7-8H2,1-3H3. The summed E-state index contributed by atoms with van der Waals surface area (Å²) in [6, 6.07) is 8.11. The number of benzene rings is 1. The third-order valence-corrected chi connectivity index (χ3v) is 3.65. The molecule has 1 unspecified atom stereocenters. The highest BCUT2D eigenvalue weighted by Gasteiger charge is 2.09. The molecule has 1 atom stereocenters. The average molecular weight is 292 g/mol. The second-order valence-electron chi connectivity index (χ2n) is 4.53. The molecule has 20 heavy (non-hydrogen) atoms. The first-order chi connectivity index (χ1) is 9.69. The predicted molar refractivity (Wildman–Crippen MR) is 82.7 cm³/mol. The topological polar surface area (TPSA) is 43.4 Å². The lowest BCUT2D eigenvalue weighted by molar-refractivity contribution is 0.146. The van der Waals surface area contributed by atoms with Crippen LogP contribution in [0.1, 0.15) is 23.7 Å². The third kappa shape index (κ3) is 4.21. The fourth-order valence-corrected chi connectivity index (χ4v) is 2.53. The second-order valence-corrected chi connectivity index (χ2v) is 5.59. The Morgan fingerprint density at radius 2 is 2.20 bits per heavy atom. The van der Waals surface area contributed by atoms with Gasteiger partial charge >= 0.3 is 0 Å². The largest absolute Gasteiger partial charge is 0.491 e. The van der Waals surface area contributed by atoms with E-state index in [2.05, 4.69) is 22.6 Å². The third-order valence-electron chi connectivity index (χ3n) is 2.85. The molecule has 0 radical (unpaired) electrons. The quantitative estimate of drug-likeness (QED) is 0.791. The molecule has 2 aromatic rings. The highest BCUT2D eigenvalue weighted by atomic mass is 32.1. The van der Waals surface area contributed by atoms with Crippen molar-refractivity contribution in [2.24, 2.45) is 0 Å². The Kier molecular flexibility index (Phi) is 5.38. The molecule has 0 aliphatic carbocycles. The number of nitrogens with zero attached hydrogens (tertiary/aromatic N) is 1. The molecule has 2 rings (SSSR count). The van der Waals surface area contributed by atoms with Crippen molar-refractivity contribution in [1.29, 1.82) is 0 Å². The molecule has 0 fully saturated rings. The fourth-order valence-electron chi connectivity index (χ4n) is 1.82. The van der Waals surface area contributed by atoms with Gasteiger partial charge in [-0.1, -0.05) is 6.07 Å². The molecular formula is C15H20N2O2S. The van der Waals surface area contributed by atoms with Crippen LogP contribution < -0.4 is 10.1 Å². The Morgan fingerprint density at radius 1 is 1.35 bits per heavy atom. The monoisotopic (exact) mass is 292 g/mol. The van der Waals surface area contributed by atoms with Gasteiger partial charge in [-0.25, -0.2) is 4.98 Å². The van der Waals surface area contributed by atoms with Crippen molar-refractivity contribution in [3.8, 4) is 5.75 Å². The molecular weight excluding hydrogens is 272 g/mol. The van der Waals surface area contributed by atoms with Gasteiger partial charge in [-0.05, 0) is 26.0 Å². The van der Waals surface area contributed by atoms with E-state index in [0.29, 0.717) is 13.2 Å². The van der Waals surface area contributed by atoms with Gasteiger partial charge in [0.2, 0.25) is 0 Å². The zero-order valence-corrected chi connectivity index (χ0v) is 12.9. The van der Waals surface area contributed by atoms with Crippen molar-refractivity contribution < 1.29 is 9.47 Å². The van der Waals surface area contributed by atoms with Gasteiger partial charge in [-0.2, -0.15) is 0 Å². The van der Waals surface area contributed by atoms with Crippen LogP contribution in [-0.4, -0.2) is 25.3 Å². The van der Waals surface area contributed by atoms with Crippen LogP contribution in [0, 0.1) is 6.92 Å². The summed E-state index contributed by atoms with van der Waals surface area (Å²) in [5.41, 5.74) is 2.09. The van der Waals surface area contributed by atoms with Crippen LogP contribution in [0.2, 0.25) is 0 Å². The summed E-state index contributed by atoms with van der Waals surface area (Å²) in [4.78, 5) is 4.50. The number of aryl methyl sites for hydroxylation is 1. The smallest absolute Gasteiger partial charge is 0.121 e. The minimum atomic E-state index is 0.175. The first-order valence-corrected chi connectivity index (χ1v) is 7.47. The Hall–Kier alpha value is -1.59. The van der Waals surface area contributed by atoms with Crippen LogP contribution in [-0.2, 0) is 4.74 Å². The van der Waals surface area contributed by atoms with Crippen molar-refractivity contribution in [3.05, 3.63) is 40.3 Å². The number of ether oxygens (including phenoxy) is 2. The number of hydrogen-bond donors (Lipinski definition) is 1. The highest BCUT2D eigenvalue weighted by molar-refractivity contribution is 7.09. The SMILES string of the molecule is COCCOc1cccc(NC(C)c2csc(C)n2)c1. The minimum absolute atomic E-state index is 0.175. The molecule has 0 spiro atoms. The van der Waals surface area contributed by atoms with Gasteiger partial charge < -0.3 is 14.8 Å². The number of thiazole rings is 1. The van der Waals surface area contributed by atoms with Crippen molar-refractivity contribution in [3.63, 3.8) is 0 Å². The van der Waals surface area contributed by atoms with Gasteiger partial charge in [0.05, 0.1) is 23.4 Å². The molecule has 0 amide bonds. The highest BCUT2D eigenvalue weighted by Crippen LogP contribution is 2.23. The number of nitrogens with one attached hydrogen (secondary N) is 1. The molecule has 0 saturated heterocycles. The first-order valence-electron chi connectivity index (χ1n) is 6.59. The zero-order valence-electron chi connectivity index (χ0n) is 12.1. The van der Waals surface area contributed by atoms with E-state index in [0.717, 1.165) is 22.1 Å². The van der Waals surface area contributed by atoms with Gasteiger partial charge in [0.25, 0.3) is 0 Å². The van der Waals surface area contributed by atoms with Crippen LogP contribution in [0.3, 0.4) is 0 Å². The lowest BCUT2D eigenvalue weighted by Gasteiger charge is -2.14. The van der Waals surface area contributed by atoms with Gasteiger partial charge in [-0.3, -0.25) is 0 Å². The molecule has 0 bridgehead atoms. The summed E-state index contributed by atoms with van der Waals surface area (Å²) < 4.78 is 10.6. The number of aromatic nitrogens is 1. The number of anilines is 1. The molecule has 1 aromatic heterocycles. The van der Waals surface area contributed by atoms with Gasteiger partial charge in [0.15, 0.2) is 0 Å². The summed E-state index contributed by atoms with van der Waals surface area (Å²) in [7, 11) is 1.67. The van der Waals surface area contributed by atoms with Crippen LogP contribution in [0.5, 0.6) is 5.75 Å². The molecule has 5 heteroatoms. The number of hydrogen-bond acceptors (Lipinski definition) is 5. The van der Waals surface area contributed by atoms with E-state index < -0.39 is 0 Å². The van der Waals surface area contributed by atoms with E-state index in [-0.39, 0.29) is 6.04 Å². The van der Waals surface area contributed by atoms with E-state index in [9.17, 15) is 0 Å². The Bertz CT molecular complexity index is 542. The lowest BCUT2D eigenvalue weighted by atomic mass is 10.2. The van der Waals surface area contributed by atoms with Crippen LogP contribution in [0.15, 0.2) is 29.6 Å². The van der Waals surface area contributed by atoms with Crippen molar-refractivity contribution in [2.75, 3.05) is 25.6 Å². The first kappa shape index (κ1) is 14.8.